The summed E-state index contributed by atoms with van der Waals surface area (Å²) in [5.41, 5.74) is 2.24. The van der Waals surface area contributed by atoms with E-state index in [4.69, 9.17) is 0 Å². The van der Waals surface area contributed by atoms with Crippen molar-refractivity contribution in [3.8, 4) is 0 Å². The van der Waals surface area contributed by atoms with Crippen molar-refractivity contribution in [2.45, 2.75) is 13.8 Å². The maximum atomic E-state index is 4.33. The minimum atomic E-state index is 0.748. The summed E-state index contributed by atoms with van der Waals surface area (Å²) in [6, 6.07) is 8.16. The first-order valence-corrected chi connectivity index (χ1v) is 5.77. The molecule has 0 aliphatic heterocycles. The number of nitrogens with one attached hydrogen (secondary N) is 1. The van der Waals surface area contributed by atoms with Crippen LogP contribution in [0.1, 0.15) is 11.4 Å². The third-order valence-electron chi connectivity index (χ3n) is 2.15. The molecule has 0 amide bonds. The summed E-state index contributed by atoms with van der Waals surface area (Å²) in [4.78, 5) is 8.43. The molecule has 0 aliphatic rings. The predicted molar refractivity (Wildman–Crippen MR) is 68.9 cm³/mol. The average molecular weight is 278 g/mol. The summed E-state index contributed by atoms with van der Waals surface area (Å²) < 4.78 is 0.861. The number of hydrogen-bond donors (Lipinski definition) is 1. The van der Waals surface area contributed by atoms with Gasteiger partial charge in [-0.2, -0.15) is 0 Å². The summed E-state index contributed by atoms with van der Waals surface area (Å²) in [6.45, 7) is 3.93. The fourth-order valence-electron chi connectivity index (χ4n) is 1.40. The molecule has 0 saturated carbocycles. The molecule has 0 atom stereocenters. The number of aromatic nitrogens is 2. The van der Waals surface area contributed by atoms with E-state index >= 15 is 0 Å². The summed E-state index contributed by atoms with van der Waals surface area (Å²) >= 11 is 3.42. The van der Waals surface area contributed by atoms with Gasteiger partial charge in [0.25, 0.3) is 0 Å². The summed E-state index contributed by atoms with van der Waals surface area (Å²) in [5.74, 6) is 1.54. The van der Waals surface area contributed by atoms with E-state index in [0.29, 0.717) is 0 Å². The highest BCUT2D eigenvalue weighted by atomic mass is 79.9. The maximum absolute atomic E-state index is 4.33. The molecule has 0 radical (unpaired) electrons. The number of halogens is 1. The van der Waals surface area contributed by atoms with Crippen molar-refractivity contribution in [1.29, 1.82) is 0 Å². The Bertz CT molecular complexity index is 511. The predicted octanol–water partition coefficient (Wildman–Crippen LogP) is 3.60. The van der Waals surface area contributed by atoms with Crippen LogP contribution in [0.5, 0.6) is 0 Å². The van der Waals surface area contributed by atoms with Gasteiger partial charge < -0.3 is 5.32 Å². The molecule has 0 saturated heterocycles. The first-order valence-electron chi connectivity index (χ1n) is 4.98. The van der Waals surface area contributed by atoms with Gasteiger partial charge in [0.2, 0.25) is 0 Å². The molecule has 1 heterocycles. The highest BCUT2D eigenvalue weighted by Crippen LogP contribution is 2.23. The molecule has 0 bridgehead atoms. The molecule has 1 aromatic carbocycles. The first-order chi connectivity index (χ1) is 7.65. The van der Waals surface area contributed by atoms with E-state index in [1.165, 1.54) is 5.56 Å². The molecule has 2 rings (SSSR count). The molecule has 1 N–H and O–H groups in total. The molecular weight excluding hydrogens is 266 g/mol. The van der Waals surface area contributed by atoms with Crippen molar-refractivity contribution in [3.05, 3.63) is 46.3 Å². The molecule has 0 fully saturated rings. The zero-order valence-corrected chi connectivity index (χ0v) is 10.7. The zero-order chi connectivity index (χ0) is 11.5. The molecule has 3 nitrogen and oxygen atoms in total. The Kier molecular flexibility index (Phi) is 3.19. The van der Waals surface area contributed by atoms with Gasteiger partial charge >= 0.3 is 0 Å². The molecule has 1 aromatic heterocycles. The van der Waals surface area contributed by atoms with Crippen molar-refractivity contribution < 1.29 is 0 Å². The van der Waals surface area contributed by atoms with E-state index < -0.39 is 0 Å². The molecule has 0 unspecified atom stereocenters. The number of hydrogen-bond acceptors (Lipinski definition) is 3. The van der Waals surface area contributed by atoms with Gasteiger partial charge in [-0.25, -0.2) is 9.97 Å². The van der Waals surface area contributed by atoms with Crippen molar-refractivity contribution >= 4 is 27.4 Å². The average Bonchev–Trinajstić information content (AvgIpc) is 2.24. The van der Waals surface area contributed by atoms with E-state index in [1.807, 2.05) is 19.1 Å². The van der Waals surface area contributed by atoms with Crippen LogP contribution in [0.25, 0.3) is 0 Å². The molecule has 16 heavy (non-hydrogen) atoms. The lowest BCUT2D eigenvalue weighted by Gasteiger charge is -2.08. The summed E-state index contributed by atoms with van der Waals surface area (Å²) in [7, 11) is 0. The van der Waals surface area contributed by atoms with Crippen LogP contribution >= 0.6 is 15.9 Å². The van der Waals surface area contributed by atoms with Gasteiger partial charge in [-0.3, -0.25) is 0 Å². The molecule has 0 aliphatic carbocycles. The van der Waals surface area contributed by atoms with Crippen LogP contribution < -0.4 is 5.32 Å². The topological polar surface area (TPSA) is 37.8 Å². The molecule has 0 spiro atoms. The Morgan fingerprint density at radius 1 is 1.25 bits per heavy atom. The fraction of sp³-hybridized carbons (Fsp3) is 0.167. The van der Waals surface area contributed by atoms with Gasteiger partial charge in [0.05, 0.1) is 4.47 Å². The standard InChI is InChI=1S/C12H12BrN3/c1-8-4-3-5-10(6-8)16-12-11(13)7-14-9(2)15-12/h3-7H,1-2H3,(H,14,15,16). The van der Waals surface area contributed by atoms with E-state index in [1.54, 1.807) is 6.20 Å². The Morgan fingerprint density at radius 3 is 2.81 bits per heavy atom. The fourth-order valence-corrected chi connectivity index (χ4v) is 1.69. The van der Waals surface area contributed by atoms with E-state index in [2.05, 4.69) is 50.3 Å². The maximum Gasteiger partial charge on any atom is 0.148 e. The monoisotopic (exact) mass is 277 g/mol. The van der Waals surface area contributed by atoms with Crippen molar-refractivity contribution in [2.24, 2.45) is 0 Å². The van der Waals surface area contributed by atoms with E-state index in [-0.39, 0.29) is 0 Å². The van der Waals surface area contributed by atoms with E-state index in [9.17, 15) is 0 Å². The van der Waals surface area contributed by atoms with Crippen LogP contribution in [0, 0.1) is 13.8 Å². The highest BCUT2D eigenvalue weighted by Gasteiger charge is 2.03. The second kappa shape index (κ2) is 4.61. The SMILES string of the molecule is Cc1cccc(Nc2nc(C)ncc2Br)c1. The zero-order valence-electron chi connectivity index (χ0n) is 9.16. The van der Waals surface area contributed by atoms with Gasteiger partial charge in [0, 0.05) is 11.9 Å². The van der Waals surface area contributed by atoms with Crippen LogP contribution in [-0.4, -0.2) is 9.97 Å². The Labute approximate surface area is 103 Å². The highest BCUT2D eigenvalue weighted by molar-refractivity contribution is 9.10. The van der Waals surface area contributed by atoms with Crippen LogP contribution in [0.15, 0.2) is 34.9 Å². The third kappa shape index (κ3) is 2.58. The lowest BCUT2D eigenvalue weighted by Crippen LogP contribution is -1.98. The van der Waals surface area contributed by atoms with E-state index in [0.717, 1.165) is 21.8 Å². The second-order valence-electron chi connectivity index (χ2n) is 3.61. The number of anilines is 2. The quantitative estimate of drug-likeness (QED) is 0.912. The van der Waals surface area contributed by atoms with Gasteiger partial charge in [-0.1, -0.05) is 12.1 Å². The van der Waals surface area contributed by atoms with Crippen LogP contribution in [0.2, 0.25) is 0 Å². The van der Waals surface area contributed by atoms with Gasteiger partial charge in [0.15, 0.2) is 0 Å². The number of benzene rings is 1. The van der Waals surface area contributed by atoms with Gasteiger partial charge in [-0.05, 0) is 47.5 Å². The second-order valence-corrected chi connectivity index (χ2v) is 4.46. The van der Waals surface area contributed by atoms with Crippen molar-refractivity contribution in [2.75, 3.05) is 5.32 Å². The normalized spacial score (nSPS) is 10.2. The number of aryl methyl sites for hydroxylation is 2. The molecule has 82 valence electrons. The summed E-state index contributed by atoms with van der Waals surface area (Å²) in [5, 5.41) is 3.26. The minimum absolute atomic E-state index is 0.748. The van der Waals surface area contributed by atoms with Crippen molar-refractivity contribution in [3.63, 3.8) is 0 Å². The lowest BCUT2D eigenvalue weighted by atomic mass is 10.2. The van der Waals surface area contributed by atoms with Crippen LogP contribution in [-0.2, 0) is 0 Å². The Morgan fingerprint density at radius 2 is 2.06 bits per heavy atom. The molecular formula is C12H12BrN3. The molecule has 4 heteroatoms. The minimum Gasteiger partial charge on any atom is -0.339 e. The smallest absolute Gasteiger partial charge is 0.148 e. The number of rotatable bonds is 2. The van der Waals surface area contributed by atoms with Crippen molar-refractivity contribution in [1.82, 2.24) is 9.97 Å². The van der Waals surface area contributed by atoms with Gasteiger partial charge in [0.1, 0.15) is 11.6 Å². The summed E-state index contributed by atoms with van der Waals surface area (Å²) in [6.07, 6.45) is 1.75. The Hall–Kier alpha value is -1.42. The first kappa shape index (κ1) is 11.1. The van der Waals surface area contributed by atoms with Crippen LogP contribution in [0.4, 0.5) is 11.5 Å². The largest absolute Gasteiger partial charge is 0.339 e. The Balaban J connectivity index is 2.30. The van der Waals surface area contributed by atoms with Gasteiger partial charge in [-0.15, -0.1) is 0 Å². The van der Waals surface area contributed by atoms with Crippen LogP contribution in [0.3, 0.4) is 0 Å². The molecule has 2 aromatic rings. The lowest BCUT2D eigenvalue weighted by molar-refractivity contribution is 1.05. The third-order valence-corrected chi connectivity index (χ3v) is 2.73. The number of nitrogens with zero attached hydrogens (tertiary/aromatic N) is 2.